The highest BCUT2D eigenvalue weighted by atomic mass is 127. The second kappa shape index (κ2) is 3.94. The molecule has 4 heteroatoms. The first-order valence-electron chi connectivity index (χ1n) is 4.04. The molecule has 1 aromatic heterocycles. The van der Waals surface area contributed by atoms with Gasteiger partial charge >= 0.3 is 0 Å². The number of nitrogens with zero attached hydrogens (tertiary/aromatic N) is 1. The lowest BCUT2D eigenvalue weighted by Gasteiger charge is -2.06. The van der Waals surface area contributed by atoms with E-state index >= 15 is 0 Å². The Hall–Kier alpha value is -0.490. The molecule has 2 nitrogen and oxygen atoms in total. The number of pyridine rings is 1. The summed E-state index contributed by atoms with van der Waals surface area (Å²) in [7, 11) is 0. The minimum absolute atomic E-state index is 0.277. The maximum atomic E-state index is 9.80. The fourth-order valence-electron chi connectivity index (χ4n) is 1.34. The Morgan fingerprint density at radius 1 is 1.50 bits per heavy atom. The van der Waals surface area contributed by atoms with Crippen molar-refractivity contribution in [2.24, 2.45) is 0 Å². The number of halogens is 1. The van der Waals surface area contributed by atoms with Crippen molar-refractivity contribution in [1.29, 1.82) is 0 Å². The van der Waals surface area contributed by atoms with Gasteiger partial charge in [0.15, 0.2) is 5.75 Å². The van der Waals surface area contributed by atoms with Crippen molar-refractivity contribution >= 4 is 45.3 Å². The van der Waals surface area contributed by atoms with Crippen LogP contribution in [0.3, 0.4) is 0 Å². The Bertz CT molecular complexity index is 487. The van der Waals surface area contributed by atoms with E-state index in [0.717, 1.165) is 13.9 Å². The van der Waals surface area contributed by atoms with E-state index in [1.807, 2.05) is 24.5 Å². The number of phenols is 1. The van der Waals surface area contributed by atoms with E-state index in [-0.39, 0.29) is 5.75 Å². The maximum Gasteiger partial charge on any atom is 0.155 e. The minimum atomic E-state index is 0.277. The zero-order valence-electron chi connectivity index (χ0n) is 7.49. The standard InChI is InChI=1S/C10H8INOS/c1-14-8-5-7(11)10(13)9-6(8)3-2-4-12-9/h2-5,13H,1H3. The lowest BCUT2D eigenvalue weighted by Crippen LogP contribution is -1.85. The van der Waals surface area contributed by atoms with Gasteiger partial charge in [-0.25, -0.2) is 0 Å². The molecule has 72 valence electrons. The summed E-state index contributed by atoms with van der Waals surface area (Å²) in [5, 5.41) is 10.8. The predicted octanol–water partition coefficient (Wildman–Crippen LogP) is 3.27. The predicted molar refractivity (Wildman–Crippen MR) is 67.9 cm³/mol. The number of hydrogen-bond acceptors (Lipinski definition) is 3. The first-order valence-corrected chi connectivity index (χ1v) is 6.34. The van der Waals surface area contributed by atoms with Gasteiger partial charge in [-0.3, -0.25) is 4.98 Å². The van der Waals surface area contributed by atoms with Gasteiger partial charge in [-0.15, -0.1) is 11.8 Å². The molecule has 1 N–H and O–H groups in total. The van der Waals surface area contributed by atoms with Crippen LogP contribution < -0.4 is 0 Å². The summed E-state index contributed by atoms with van der Waals surface area (Å²) in [4.78, 5) is 5.33. The third-order valence-corrected chi connectivity index (χ3v) is 3.60. The molecule has 0 aliphatic rings. The van der Waals surface area contributed by atoms with Gasteiger partial charge in [-0.2, -0.15) is 0 Å². The van der Waals surface area contributed by atoms with Crippen molar-refractivity contribution in [2.45, 2.75) is 4.90 Å². The minimum Gasteiger partial charge on any atom is -0.505 e. The number of benzene rings is 1. The van der Waals surface area contributed by atoms with Crippen LogP contribution in [0.2, 0.25) is 0 Å². The zero-order valence-corrected chi connectivity index (χ0v) is 10.5. The SMILES string of the molecule is CSc1cc(I)c(O)c2ncccc12. The molecule has 0 spiro atoms. The Morgan fingerprint density at radius 2 is 2.29 bits per heavy atom. The topological polar surface area (TPSA) is 33.1 Å². The van der Waals surface area contributed by atoms with Crippen LogP contribution in [0.5, 0.6) is 5.75 Å². The molecule has 1 heterocycles. The van der Waals surface area contributed by atoms with E-state index < -0.39 is 0 Å². The van der Waals surface area contributed by atoms with Gasteiger partial charge < -0.3 is 5.11 Å². The van der Waals surface area contributed by atoms with Crippen LogP contribution in [-0.4, -0.2) is 16.3 Å². The second-order valence-corrected chi connectivity index (χ2v) is 4.82. The van der Waals surface area contributed by atoms with Crippen molar-refractivity contribution in [2.75, 3.05) is 6.26 Å². The molecule has 0 radical (unpaired) electrons. The number of fused-ring (bicyclic) bond motifs is 1. The molecule has 2 rings (SSSR count). The van der Waals surface area contributed by atoms with Crippen LogP contribution in [0.25, 0.3) is 10.9 Å². The molecule has 0 fully saturated rings. The molecule has 0 saturated heterocycles. The average Bonchev–Trinajstić information content (AvgIpc) is 2.23. The van der Waals surface area contributed by atoms with Crippen molar-refractivity contribution in [3.05, 3.63) is 28.0 Å². The summed E-state index contributed by atoms with van der Waals surface area (Å²) in [6.45, 7) is 0. The molecule has 0 saturated carbocycles. The quantitative estimate of drug-likeness (QED) is 0.647. The largest absolute Gasteiger partial charge is 0.505 e. The highest BCUT2D eigenvalue weighted by Crippen LogP contribution is 2.34. The molecule has 0 bridgehead atoms. The van der Waals surface area contributed by atoms with E-state index in [1.54, 1.807) is 18.0 Å². The van der Waals surface area contributed by atoms with Crippen LogP contribution in [0.15, 0.2) is 29.3 Å². The molecule has 2 aromatic rings. The first-order chi connectivity index (χ1) is 6.74. The van der Waals surface area contributed by atoms with Gasteiger partial charge in [0, 0.05) is 16.5 Å². The molecule has 14 heavy (non-hydrogen) atoms. The lowest BCUT2D eigenvalue weighted by molar-refractivity contribution is 0.476. The first kappa shape index (κ1) is 10.0. The Labute approximate surface area is 99.9 Å². The van der Waals surface area contributed by atoms with E-state index in [2.05, 4.69) is 27.6 Å². The van der Waals surface area contributed by atoms with Crippen LogP contribution in [0.4, 0.5) is 0 Å². The average molecular weight is 317 g/mol. The smallest absolute Gasteiger partial charge is 0.155 e. The Morgan fingerprint density at radius 3 is 3.00 bits per heavy atom. The molecule has 0 unspecified atom stereocenters. The van der Waals surface area contributed by atoms with Gasteiger partial charge in [0.1, 0.15) is 5.52 Å². The summed E-state index contributed by atoms with van der Waals surface area (Å²) >= 11 is 3.78. The number of aromatic nitrogens is 1. The van der Waals surface area contributed by atoms with Gasteiger partial charge in [-0.1, -0.05) is 6.07 Å². The summed E-state index contributed by atoms with van der Waals surface area (Å²) in [6.07, 6.45) is 3.72. The van der Waals surface area contributed by atoms with Crippen LogP contribution in [0, 0.1) is 3.57 Å². The van der Waals surface area contributed by atoms with E-state index in [0.29, 0.717) is 5.52 Å². The fraction of sp³-hybridized carbons (Fsp3) is 0.100. The van der Waals surface area contributed by atoms with Crippen LogP contribution in [0.1, 0.15) is 0 Å². The maximum absolute atomic E-state index is 9.80. The molecular formula is C10H8INOS. The van der Waals surface area contributed by atoms with Crippen molar-refractivity contribution < 1.29 is 5.11 Å². The Kier molecular flexibility index (Phi) is 2.83. The summed E-state index contributed by atoms with van der Waals surface area (Å²) in [5.41, 5.74) is 0.684. The van der Waals surface area contributed by atoms with Crippen molar-refractivity contribution in [3.8, 4) is 5.75 Å². The number of phenolic OH excluding ortho intramolecular Hbond substituents is 1. The fourth-order valence-corrected chi connectivity index (χ4v) is 2.73. The van der Waals surface area contributed by atoms with Crippen molar-refractivity contribution in [1.82, 2.24) is 4.98 Å². The molecule has 0 aliphatic carbocycles. The molecule has 0 aliphatic heterocycles. The van der Waals surface area contributed by atoms with Gasteiger partial charge in [0.25, 0.3) is 0 Å². The van der Waals surface area contributed by atoms with Gasteiger partial charge in [0.2, 0.25) is 0 Å². The third kappa shape index (κ3) is 1.56. The normalized spacial score (nSPS) is 10.7. The highest BCUT2D eigenvalue weighted by molar-refractivity contribution is 14.1. The second-order valence-electron chi connectivity index (χ2n) is 2.81. The third-order valence-electron chi connectivity index (χ3n) is 2.00. The van der Waals surface area contributed by atoms with Crippen LogP contribution in [-0.2, 0) is 0 Å². The highest BCUT2D eigenvalue weighted by Gasteiger charge is 2.09. The number of thioether (sulfide) groups is 1. The Balaban J connectivity index is 2.89. The van der Waals surface area contributed by atoms with Gasteiger partial charge in [-0.05, 0) is 41.0 Å². The monoisotopic (exact) mass is 317 g/mol. The van der Waals surface area contributed by atoms with Crippen molar-refractivity contribution in [3.63, 3.8) is 0 Å². The summed E-state index contributed by atoms with van der Waals surface area (Å²) in [5.74, 6) is 0.277. The number of rotatable bonds is 1. The lowest BCUT2D eigenvalue weighted by atomic mass is 10.2. The molecular weight excluding hydrogens is 309 g/mol. The number of aromatic hydroxyl groups is 1. The summed E-state index contributed by atoms with van der Waals surface area (Å²) in [6, 6.07) is 5.84. The molecule has 1 aromatic carbocycles. The summed E-state index contributed by atoms with van der Waals surface area (Å²) < 4.78 is 0.846. The molecule has 0 amide bonds. The van der Waals surface area contributed by atoms with E-state index in [1.165, 1.54) is 0 Å². The van der Waals surface area contributed by atoms with Crippen LogP contribution >= 0.6 is 34.4 Å². The van der Waals surface area contributed by atoms with E-state index in [4.69, 9.17) is 0 Å². The number of hydrogen-bond donors (Lipinski definition) is 1. The van der Waals surface area contributed by atoms with E-state index in [9.17, 15) is 5.11 Å². The zero-order chi connectivity index (χ0) is 10.1. The molecule has 0 atom stereocenters. The van der Waals surface area contributed by atoms with Gasteiger partial charge in [0.05, 0.1) is 3.57 Å².